The van der Waals surface area contributed by atoms with Gasteiger partial charge < -0.3 is 23.7 Å². The molecule has 1 atom stereocenters. The molecule has 0 N–H and O–H groups in total. The van der Waals surface area contributed by atoms with Crippen molar-refractivity contribution < 1.29 is 49.5 Å². The van der Waals surface area contributed by atoms with Crippen LogP contribution in [-0.2, 0) is 35.3 Å². The van der Waals surface area contributed by atoms with Crippen LogP contribution in [-0.4, -0.2) is 32.8 Å². The average Bonchev–Trinajstić information content (AvgIpc) is 3.20. The molecular weight excluding hydrogens is 424 g/mol. The first-order chi connectivity index (χ1) is 8.78. The van der Waals surface area contributed by atoms with E-state index in [2.05, 4.69) is 0 Å². The van der Waals surface area contributed by atoms with Crippen molar-refractivity contribution in [1.29, 1.82) is 0 Å². The Labute approximate surface area is 125 Å². The van der Waals surface area contributed by atoms with Crippen molar-refractivity contribution in [3.63, 3.8) is 0 Å². The Hall–Kier alpha value is -1.10. The number of ether oxygens (including phenoxy) is 5. The number of rotatable bonds is 6. The smallest absolute Gasteiger partial charge is 0.513 e. The second-order valence-electron chi connectivity index (χ2n) is 3.50. The van der Waals surface area contributed by atoms with E-state index in [1.807, 2.05) is 0 Å². The Morgan fingerprint density at radius 1 is 1.32 bits per heavy atom. The van der Waals surface area contributed by atoms with Gasteiger partial charge in [-0.2, -0.15) is 6.61 Å². The Morgan fingerprint density at radius 3 is 2.53 bits per heavy atom. The van der Waals surface area contributed by atoms with Crippen molar-refractivity contribution in [2.24, 2.45) is 0 Å². The molecule has 0 saturated carbocycles. The van der Waals surface area contributed by atoms with Crippen molar-refractivity contribution in [1.82, 2.24) is 0 Å². The van der Waals surface area contributed by atoms with E-state index in [9.17, 15) is 4.79 Å². The zero-order chi connectivity index (χ0) is 12.8. The summed E-state index contributed by atoms with van der Waals surface area (Å²) in [5, 5.41) is 0. The summed E-state index contributed by atoms with van der Waals surface area (Å²) < 4.78 is 24.5. The first-order valence-electron chi connectivity index (χ1n) is 5.33. The topological polar surface area (TPSA) is 66.5 Å². The molecule has 19 heavy (non-hydrogen) atoms. The van der Waals surface area contributed by atoms with E-state index in [-0.39, 0.29) is 40.6 Å². The summed E-state index contributed by atoms with van der Waals surface area (Å²) in [4.78, 5) is 11.2. The number of methoxy groups -OCH3 is 1. The first kappa shape index (κ1) is 16.0. The minimum absolute atomic E-state index is 0. The number of hydrogen-bond acceptors (Lipinski definition) is 6. The van der Waals surface area contributed by atoms with Gasteiger partial charge >= 0.3 is 6.16 Å². The normalized spacial score (nSPS) is 16.2. The fourth-order valence-corrected chi connectivity index (χ4v) is 1.14. The van der Waals surface area contributed by atoms with Crippen molar-refractivity contribution in [3.8, 4) is 11.5 Å². The number of hydrogen-bond donors (Lipinski definition) is 0. The summed E-state index contributed by atoms with van der Waals surface area (Å²) in [5.74, 6) is 1.00. The maximum atomic E-state index is 11.2. The Morgan fingerprint density at radius 2 is 1.95 bits per heavy atom. The zero-order valence-corrected chi connectivity index (χ0v) is 13.2. The molecule has 0 aromatic heterocycles. The second kappa shape index (κ2) is 8.15. The van der Waals surface area contributed by atoms with Crippen LogP contribution in [0, 0.1) is 6.61 Å². The van der Waals surface area contributed by atoms with Gasteiger partial charge in [-0.3, -0.25) is 0 Å². The predicted octanol–water partition coefficient (Wildman–Crippen LogP) is 1.74. The monoisotopic (exact) mass is 437 g/mol. The van der Waals surface area contributed by atoms with Gasteiger partial charge in [0.1, 0.15) is 11.5 Å². The molecule has 1 fully saturated rings. The molecule has 104 valence electrons. The van der Waals surface area contributed by atoms with Crippen molar-refractivity contribution in [3.05, 3.63) is 30.9 Å². The number of carbonyl (C=O) groups excluding carboxylic acids is 1. The summed E-state index contributed by atoms with van der Waals surface area (Å²) >= 11 is 0. The number of carbonyl (C=O) groups is 1. The maximum absolute atomic E-state index is 11.2. The average molecular weight is 437 g/mol. The van der Waals surface area contributed by atoms with E-state index in [1.54, 1.807) is 30.9 Å². The van der Waals surface area contributed by atoms with Crippen molar-refractivity contribution in [2.75, 3.05) is 20.5 Å². The van der Waals surface area contributed by atoms with Gasteiger partial charge in [-0.25, -0.2) is 4.79 Å². The van der Waals surface area contributed by atoms with E-state index in [0.29, 0.717) is 11.5 Å². The van der Waals surface area contributed by atoms with Crippen LogP contribution in [0.5, 0.6) is 11.5 Å². The molecule has 1 aromatic carbocycles. The molecule has 0 aliphatic carbocycles. The van der Waals surface area contributed by atoms with Crippen LogP contribution in [0.15, 0.2) is 24.3 Å². The molecule has 1 aromatic rings. The molecule has 0 radical (unpaired) electrons. The molecule has 1 saturated heterocycles. The van der Waals surface area contributed by atoms with Gasteiger partial charge in [-0.05, 0) is 30.4 Å². The quantitative estimate of drug-likeness (QED) is 0.222. The third kappa shape index (κ3) is 6.05. The molecule has 1 heterocycles. The van der Waals surface area contributed by atoms with E-state index in [1.165, 1.54) is 7.11 Å². The van der Waals surface area contributed by atoms with Gasteiger partial charge in [0.05, 0.1) is 6.61 Å². The van der Waals surface area contributed by atoms with E-state index in [0.717, 1.165) is 0 Å². The molecule has 0 amide bonds. The third-order valence-electron chi connectivity index (χ3n) is 2.06. The molecule has 1 aliphatic rings. The summed E-state index contributed by atoms with van der Waals surface area (Å²) in [7, 11) is 1.54. The zero-order valence-electron chi connectivity index (χ0n) is 10.2. The Bertz CT molecular complexity index is 390. The van der Waals surface area contributed by atoms with Gasteiger partial charge in [0.25, 0.3) is 0 Å². The first-order valence-corrected chi connectivity index (χ1v) is 5.33. The molecule has 6 nitrogen and oxygen atoms in total. The van der Waals surface area contributed by atoms with E-state index >= 15 is 0 Å². The maximum Gasteiger partial charge on any atom is 0.513 e. The molecule has 1 aliphatic heterocycles. The van der Waals surface area contributed by atoms with Crippen LogP contribution in [0.25, 0.3) is 0 Å². The van der Waals surface area contributed by atoms with Crippen molar-refractivity contribution >= 4 is 6.16 Å². The predicted molar refractivity (Wildman–Crippen MR) is 60.1 cm³/mol. The second-order valence-corrected chi connectivity index (χ2v) is 3.50. The summed E-state index contributed by atoms with van der Waals surface area (Å²) in [6.07, 6.45) is -0.855. The molecule has 0 spiro atoms. The Balaban J connectivity index is 0.00000180. The van der Waals surface area contributed by atoms with Crippen LogP contribution >= 0.6 is 0 Å². The largest absolute Gasteiger partial charge is 0.567 e. The molecule has 1 unspecified atom stereocenters. The Kier molecular flexibility index (Phi) is 6.84. The fourth-order valence-electron chi connectivity index (χ4n) is 1.14. The summed E-state index contributed by atoms with van der Waals surface area (Å²) in [6, 6.07) is 6.54. The van der Waals surface area contributed by atoms with Gasteiger partial charge in [0, 0.05) is 28.2 Å². The van der Waals surface area contributed by atoms with Gasteiger partial charge in [0.15, 0.2) is 6.79 Å². The molecule has 0 bridgehead atoms. The molecule has 7 heteroatoms. The van der Waals surface area contributed by atoms with Crippen LogP contribution < -0.4 is 9.47 Å². The van der Waals surface area contributed by atoms with Gasteiger partial charge in [-0.1, -0.05) is 0 Å². The summed E-state index contributed by atoms with van der Waals surface area (Å²) in [6.45, 7) is 1.92. The molecule has 2 rings (SSSR count). The van der Waals surface area contributed by atoms with E-state index in [4.69, 9.17) is 23.7 Å². The fraction of sp³-hybridized carbons (Fsp3) is 0.333. The van der Waals surface area contributed by atoms with Gasteiger partial charge in [0.2, 0.25) is 0 Å². The van der Waals surface area contributed by atoms with Crippen LogP contribution in [0.3, 0.4) is 0 Å². The SMILES string of the molecule is COCOc1ccc(OC(=O)OCC2[CH-]O2)cc1.[W]. The van der Waals surface area contributed by atoms with Crippen LogP contribution in [0.1, 0.15) is 0 Å². The summed E-state index contributed by atoms with van der Waals surface area (Å²) in [5.41, 5.74) is 0. The van der Waals surface area contributed by atoms with Crippen molar-refractivity contribution in [2.45, 2.75) is 6.10 Å². The third-order valence-corrected chi connectivity index (χ3v) is 2.06. The van der Waals surface area contributed by atoms with Gasteiger partial charge in [-0.15, -0.1) is 0 Å². The number of epoxide rings is 1. The van der Waals surface area contributed by atoms with Crippen LogP contribution in [0.4, 0.5) is 4.79 Å². The minimum atomic E-state index is -0.760. The van der Waals surface area contributed by atoms with E-state index < -0.39 is 6.16 Å². The van der Waals surface area contributed by atoms with Crippen LogP contribution in [0.2, 0.25) is 0 Å². The minimum Gasteiger partial charge on any atom is -0.567 e. The number of benzene rings is 1. The standard InChI is InChI=1S/C12H13O6.W/c1-14-8-17-9-2-4-10(5-3-9)18-12(13)16-7-11-6-15-11;/h2-6,11H,7-8H2,1H3;/q-1;. The molecular formula is C12H13O6W-.